The summed E-state index contributed by atoms with van der Waals surface area (Å²) in [6.45, 7) is 5.41. The van der Waals surface area contributed by atoms with Crippen LogP contribution < -0.4 is 10.0 Å². The number of alkyl carbamates (subject to hydrolysis) is 1. The number of ether oxygens (including phenoxy) is 1. The minimum absolute atomic E-state index is 0.0180. The van der Waals surface area contributed by atoms with Crippen LogP contribution in [0.4, 0.5) is 10.5 Å². The molecule has 0 aliphatic carbocycles. The zero-order valence-corrected chi connectivity index (χ0v) is 14.6. The van der Waals surface area contributed by atoms with E-state index < -0.39 is 37.2 Å². The molecule has 0 radical (unpaired) electrons. The minimum Gasteiger partial charge on any atom is -0.444 e. The zero-order valence-electron chi connectivity index (χ0n) is 13.7. The van der Waals surface area contributed by atoms with Gasteiger partial charge in [-0.15, -0.1) is 0 Å². The van der Waals surface area contributed by atoms with Crippen LogP contribution in [-0.2, 0) is 14.8 Å². The third-order valence-corrected chi connectivity index (χ3v) is 4.17. The highest BCUT2D eigenvalue weighted by Crippen LogP contribution is 2.22. The van der Waals surface area contributed by atoms with E-state index in [2.05, 4.69) is 10.0 Å². The van der Waals surface area contributed by atoms with Gasteiger partial charge in [0.2, 0.25) is 10.0 Å². The van der Waals surface area contributed by atoms with Crippen molar-refractivity contribution in [3.63, 3.8) is 0 Å². The molecule has 0 spiro atoms. The third kappa shape index (κ3) is 6.50. The van der Waals surface area contributed by atoms with Crippen molar-refractivity contribution in [2.24, 2.45) is 0 Å². The summed E-state index contributed by atoms with van der Waals surface area (Å²) >= 11 is 0. The third-order valence-electron chi connectivity index (χ3n) is 2.67. The summed E-state index contributed by atoms with van der Waals surface area (Å²) < 4.78 is 31.5. The number of hydrogen-bond donors (Lipinski definition) is 2. The summed E-state index contributed by atoms with van der Waals surface area (Å²) in [4.78, 5) is 21.2. The van der Waals surface area contributed by atoms with Crippen LogP contribution in [0.3, 0.4) is 0 Å². The van der Waals surface area contributed by atoms with Crippen molar-refractivity contribution in [2.45, 2.75) is 37.7 Å². The van der Waals surface area contributed by atoms with E-state index in [1.807, 2.05) is 0 Å². The number of benzene rings is 1. The van der Waals surface area contributed by atoms with Crippen LogP contribution in [-0.4, -0.2) is 38.1 Å². The number of hydrogen-bond acceptors (Lipinski definition) is 6. The Bertz CT molecular complexity index is 697. The molecule has 1 aromatic carbocycles. The van der Waals surface area contributed by atoms with Gasteiger partial charge in [0, 0.05) is 19.2 Å². The zero-order chi connectivity index (χ0) is 18.4. The Morgan fingerprint density at radius 3 is 2.46 bits per heavy atom. The maximum absolute atomic E-state index is 12.1. The maximum Gasteiger partial charge on any atom is 0.407 e. The average molecular weight is 359 g/mol. The number of para-hydroxylation sites is 1. The van der Waals surface area contributed by atoms with Gasteiger partial charge in [-0.2, -0.15) is 0 Å². The largest absolute Gasteiger partial charge is 0.444 e. The Hall–Kier alpha value is -2.20. The second kappa shape index (κ2) is 8.06. The molecule has 0 atom stereocenters. The van der Waals surface area contributed by atoms with Crippen molar-refractivity contribution in [2.75, 3.05) is 13.1 Å². The van der Waals surface area contributed by atoms with E-state index in [1.54, 1.807) is 20.8 Å². The van der Waals surface area contributed by atoms with Crippen LogP contribution >= 0.6 is 0 Å². The number of nitrogens with zero attached hydrogens (tertiary/aromatic N) is 1. The average Bonchev–Trinajstić information content (AvgIpc) is 2.44. The highest BCUT2D eigenvalue weighted by Gasteiger charge is 2.24. The number of sulfonamides is 1. The fourth-order valence-electron chi connectivity index (χ4n) is 1.71. The SMILES string of the molecule is CC(C)(C)OC(=O)NCCCNS(=O)(=O)c1ccccc1[N+](=O)[O-]. The number of amides is 1. The van der Waals surface area contributed by atoms with Crippen LogP contribution in [0, 0.1) is 10.1 Å². The first kappa shape index (κ1) is 19.8. The Morgan fingerprint density at radius 2 is 1.88 bits per heavy atom. The van der Waals surface area contributed by atoms with Gasteiger partial charge in [0.15, 0.2) is 4.90 Å². The monoisotopic (exact) mass is 359 g/mol. The second-order valence-electron chi connectivity index (χ2n) is 5.90. The van der Waals surface area contributed by atoms with Crippen LogP contribution in [0.2, 0.25) is 0 Å². The van der Waals surface area contributed by atoms with Gasteiger partial charge in [0.25, 0.3) is 5.69 Å². The van der Waals surface area contributed by atoms with Crippen LogP contribution in [0.25, 0.3) is 0 Å². The first-order valence-electron chi connectivity index (χ1n) is 7.23. The summed E-state index contributed by atoms with van der Waals surface area (Å²) in [6.07, 6.45) is -0.289. The van der Waals surface area contributed by atoms with Gasteiger partial charge in [0.05, 0.1) is 4.92 Å². The molecule has 0 aliphatic rings. The number of nitro groups is 1. The van der Waals surface area contributed by atoms with Gasteiger partial charge in [-0.1, -0.05) is 12.1 Å². The van der Waals surface area contributed by atoms with Gasteiger partial charge in [0.1, 0.15) is 5.60 Å². The number of carbonyl (C=O) groups excluding carboxylic acids is 1. The molecule has 134 valence electrons. The van der Waals surface area contributed by atoms with Crippen molar-refractivity contribution in [3.8, 4) is 0 Å². The molecule has 24 heavy (non-hydrogen) atoms. The summed E-state index contributed by atoms with van der Waals surface area (Å²) in [6, 6.07) is 5.09. The Morgan fingerprint density at radius 1 is 1.25 bits per heavy atom. The molecule has 0 unspecified atom stereocenters. The normalized spacial score (nSPS) is 11.8. The highest BCUT2D eigenvalue weighted by atomic mass is 32.2. The maximum atomic E-state index is 12.1. The summed E-state index contributed by atoms with van der Waals surface area (Å²) in [5.74, 6) is 0. The van der Waals surface area contributed by atoms with Crippen molar-refractivity contribution >= 4 is 21.8 Å². The lowest BCUT2D eigenvalue weighted by Gasteiger charge is -2.19. The van der Waals surface area contributed by atoms with E-state index in [1.165, 1.54) is 18.2 Å². The number of rotatable bonds is 7. The predicted octanol–water partition coefficient (Wildman–Crippen LogP) is 1.79. The van der Waals surface area contributed by atoms with Gasteiger partial charge < -0.3 is 10.1 Å². The van der Waals surface area contributed by atoms with Gasteiger partial charge >= 0.3 is 6.09 Å². The number of nitrogens with one attached hydrogen (secondary N) is 2. The predicted molar refractivity (Wildman–Crippen MR) is 87.1 cm³/mol. The van der Waals surface area contributed by atoms with Gasteiger partial charge in [-0.05, 0) is 33.3 Å². The van der Waals surface area contributed by atoms with Crippen molar-refractivity contribution in [3.05, 3.63) is 34.4 Å². The molecule has 0 saturated heterocycles. The molecule has 1 aromatic rings. The summed E-state index contributed by atoms with van der Waals surface area (Å²) in [5.41, 5.74) is -1.10. The van der Waals surface area contributed by atoms with Gasteiger partial charge in [-0.3, -0.25) is 10.1 Å². The van der Waals surface area contributed by atoms with Crippen LogP contribution in [0.5, 0.6) is 0 Å². The quantitative estimate of drug-likeness (QED) is 0.434. The van der Waals surface area contributed by atoms with E-state index in [4.69, 9.17) is 4.74 Å². The van der Waals surface area contributed by atoms with Crippen molar-refractivity contribution < 1.29 is 22.9 Å². The van der Waals surface area contributed by atoms with Crippen molar-refractivity contribution in [1.29, 1.82) is 0 Å². The smallest absolute Gasteiger partial charge is 0.407 e. The fraction of sp³-hybridized carbons (Fsp3) is 0.500. The number of nitro benzene ring substituents is 1. The van der Waals surface area contributed by atoms with Gasteiger partial charge in [-0.25, -0.2) is 17.9 Å². The van der Waals surface area contributed by atoms with Crippen molar-refractivity contribution in [1.82, 2.24) is 10.0 Å². The van der Waals surface area contributed by atoms with Crippen LogP contribution in [0.15, 0.2) is 29.2 Å². The molecule has 0 saturated carbocycles. The van der Waals surface area contributed by atoms with E-state index >= 15 is 0 Å². The molecular formula is C14H21N3O6S. The van der Waals surface area contributed by atoms with E-state index in [9.17, 15) is 23.3 Å². The second-order valence-corrected chi connectivity index (χ2v) is 7.64. The van der Waals surface area contributed by atoms with E-state index in [0.717, 1.165) is 6.07 Å². The Kier molecular flexibility index (Phi) is 6.67. The topological polar surface area (TPSA) is 128 Å². The minimum atomic E-state index is -4.00. The number of carbonyl (C=O) groups is 1. The van der Waals surface area contributed by atoms with Crippen LogP contribution in [0.1, 0.15) is 27.2 Å². The molecule has 0 aromatic heterocycles. The molecular weight excluding hydrogens is 338 g/mol. The molecule has 10 heteroatoms. The highest BCUT2D eigenvalue weighted by molar-refractivity contribution is 7.89. The standard InChI is InChI=1S/C14H21N3O6S/c1-14(2,3)23-13(18)15-9-6-10-16-24(21,22)12-8-5-4-7-11(12)17(19)20/h4-5,7-8,16H,6,9-10H2,1-3H3,(H,15,18). The molecule has 0 bridgehead atoms. The fourth-order valence-corrected chi connectivity index (χ4v) is 2.96. The first-order valence-corrected chi connectivity index (χ1v) is 8.71. The molecule has 0 fully saturated rings. The molecule has 9 nitrogen and oxygen atoms in total. The van der Waals surface area contributed by atoms with E-state index in [0.29, 0.717) is 6.42 Å². The lowest BCUT2D eigenvalue weighted by molar-refractivity contribution is -0.387. The molecule has 0 aliphatic heterocycles. The molecule has 0 heterocycles. The lowest BCUT2D eigenvalue weighted by Crippen LogP contribution is -2.34. The summed E-state index contributed by atoms with van der Waals surface area (Å²) in [5, 5.41) is 13.4. The lowest BCUT2D eigenvalue weighted by atomic mass is 10.2. The molecule has 2 N–H and O–H groups in total. The van der Waals surface area contributed by atoms with E-state index in [-0.39, 0.29) is 13.1 Å². The Labute approximate surface area is 140 Å². The Balaban J connectivity index is 2.51. The first-order chi connectivity index (χ1) is 11.0. The molecule has 1 amide bonds. The summed E-state index contributed by atoms with van der Waals surface area (Å²) in [7, 11) is -4.00. The molecule has 1 rings (SSSR count).